The van der Waals surface area contributed by atoms with E-state index in [2.05, 4.69) is 177 Å². The maximum Gasteiger partial charge on any atom is 0.171 e. The number of hydrogen-bond donors (Lipinski definition) is 0. The molecule has 8 rings (SSSR count). The van der Waals surface area contributed by atoms with Crippen LogP contribution in [0.4, 0.5) is 0 Å². The van der Waals surface area contributed by atoms with Crippen molar-refractivity contribution >= 4 is 58.0 Å². The Labute approximate surface area is 366 Å². The number of benzene rings is 8. The van der Waals surface area contributed by atoms with Gasteiger partial charge in [-0.15, -0.1) is 0 Å². The van der Waals surface area contributed by atoms with Crippen LogP contribution in [0.2, 0.25) is 0 Å². The fraction of sp³-hybridized carbons (Fsp3) is 0. The van der Waals surface area contributed by atoms with Gasteiger partial charge in [0.2, 0.25) is 0 Å². The molecular weight excluding hydrogens is 768 g/mol. The first-order chi connectivity index (χ1) is 30.5. The Bertz CT molecular complexity index is 2700. The lowest BCUT2D eigenvalue weighted by Crippen LogP contribution is -2.25. The summed E-state index contributed by atoms with van der Waals surface area (Å²) in [6.45, 7) is 8.02. The van der Waals surface area contributed by atoms with Crippen LogP contribution in [0.5, 0.6) is 0 Å². The molecule has 8 aromatic rings. The Morgan fingerprint density at radius 1 is 0.355 bits per heavy atom. The van der Waals surface area contributed by atoms with Crippen molar-refractivity contribution in [3.8, 4) is 0 Å². The predicted molar refractivity (Wildman–Crippen MR) is 268 cm³/mol. The average molecular weight is 815 g/mol. The highest BCUT2D eigenvalue weighted by molar-refractivity contribution is 7.85. The van der Waals surface area contributed by atoms with Crippen LogP contribution in [0.25, 0.3) is 34.9 Å². The summed E-state index contributed by atoms with van der Waals surface area (Å²) in [5, 5.41) is 2.30. The van der Waals surface area contributed by atoms with Crippen molar-refractivity contribution in [2.24, 2.45) is 0 Å². The Hall–Kier alpha value is -7.57. The van der Waals surface area contributed by atoms with Gasteiger partial charge >= 0.3 is 0 Å². The van der Waals surface area contributed by atoms with E-state index in [4.69, 9.17) is 0 Å². The second kappa shape index (κ2) is 19.7. The van der Waals surface area contributed by atoms with E-state index in [1.165, 1.54) is 0 Å². The lowest BCUT2D eigenvalue weighted by molar-refractivity contribution is 0.592. The highest BCUT2D eigenvalue weighted by Crippen LogP contribution is 2.43. The molecule has 0 atom stereocenters. The summed E-state index contributed by atoms with van der Waals surface area (Å²) in [7, 11) is -3.37. The van der Waals surface area contributed by atoms with Crippen molar-refractivity contribution in [3.63, 3.8) is 0 Å². The van der Waals surface area contributed by atoms with E-state index in [1.807, 2.05) is 91.0 Å². The Morgan fingerprint density at radius 2 is 0.645 bits per heavy atom. The van der Waals surface area contributed by atoms with E-state index in [9.17, 15) is 0 Å². The zero-order chi connectivity index (χ0) is 42.6. The van der Waals surface area contributed by atoms with E-state index in [0.717, 1.165) is 82.7 Å². The van der Waals surface area contributed by atoms with E-state index in [-0.39, 0.29) is 0 Å². The summed E-state index contributed by atoms with van der Waals surface area (Å²) in [5.74, 6) is 0. The smallest absolute Gasteiger partial charge is 0.171 e. The zero-order valence-corrected chi connectivity index (χ0v) is 35.5. The van der Waals surface area contributed by atoms with Gasteiger partial charge in [0.25, 0.3) is 0 Å². The van der Waals surface area contributed by atoms with Gasteiger partial charge in [-0.05, 0) is 85.0 Å². The van der Waals surface area contributed by atoms with Gasteiger partial charge in [0, 0.05) is 15.9 Å². The van der Waals surface area contributed by atoms with E-state index in [1.54, 1.807) is 6.08 Å². The van der Waals surface area contributed by atoms with Crippen LogP contribution in [0.3, 0.4) is 0 Å². The van der Waals surface area contributed by atoms with Gasteiger partial charge in [0.05, 0.1) is 0 Å². The quantitative estimate of drug-likeness (QED) is 0.0607. The molecule has 0 saturated carbocycles. The molecule has 0 amide bonds. The van der Waals surface area contributed by atoms with Crippen molar-refractivity contribution in [1.29, 1.82) is 0 Å². The minimum atomic E-state index is -3.37. The molecule has 0 spiro atoms. The molecule has 2 heteroatoms. The maximum atomic E-state index is 16.1. The van der Waals surface area contributed by atoms with Crippen LogP contribution < -0.4 is 15.9 Å². The van der Waals surface area contributed by atoms with Crippen LogP contribution in [-0.4, -0.2) is 0 Å². The summed E-state index contributed by atoms with van der Waals surface area (Å²) < 4.78 is 16.1. The van der Waals surface area contributed by atoms with E-state index in [0.29, 0.717) is 0 Å². The van der Waals surface area contributed by atoms with E-state index < -0.39 is 7.14 Å². The standard InChI is InChI=1S/C60H47OP/c1-3-20-49(4-2)58(50-21-10-5-11-22-50)43-46-31-37-55(38-32-46)62(61,56-39-33-47(34-40-56)44-59(51-23-12-6-13-24-51)52-25-14-7-15-26-52)57-41-35-48(36-42-57)45-60(53-27-16-8-17-28-53)54-29-18-9-19-30-54/h3-45H,1-2H2/b49-20+,58-43-. The highest BCUT2D eigenvalue weighted by Gasteiger charge is 2.30. The van der Waals surface area contributed by atoms with Gasteiger partial charge in [-0.1, -0.05) is 256 Å². The van der Waals surface area contributed by atoms with Crippen molar-refractivity contribution < 1.29 is 4.57 Å². The lowest BCUT2D eigenvalue weighted by atomic mass is 9.95. The van der Waals surface area contributed by atoms with Gasteiger partial charge in [0.15, 0.2) is 7.14 Å². The molecule has 0 heterocycles. The number of allylic oxidation sites excluding steroid dienone is 5. The molecule has 1 nitrogen and oxygen atoms in total. The van der Waals surface area contributed by atoms with Crippen LogP contribution >= 0.6 is 7.14 Å². The summed E-state index contributed by atoms with van der Waals surface area (Å²) in [5.41, 5.74) is 12.9. The SMILES string of the molecule is C=C/C=C(C=C)/C(=C/c1ccc(P(=O)(c2ccc(C=C(c3ccccc3)c3ccccc3)cc2)c2ccc(C=C(c3ccccc3)c3ccccc3)cc2)cc1)c1ccccc1. The monoisotopic (exact) mass is 814 g/mol. The molecule has 8 aromatic carbocycles. The molecule has 0 unspecified atom stereocenters. The van der Waals surface area contributed by atoms with Crippen LogP contribution in [0.1, 0.15) is 44.5 Å². The Morgan fingerprint density at radius 3 is 0.935 bits per heavy atom. The molecule has 0 radical (unpaired) electrons. The second-order valence-corrected chi connectivity index (χ2v) is 17.7. The third-order valence-electron chi connectivity index (χ3n) is 11.0. The van der Waals surface area contributed by atoms with Gasteiger partial charge in [-0.25, -0.2) is 0 Å². The summed E-state index contributed by atoms with van der Waals surface area (Å²) in [6, 6.07) is 76.7. The molecule has 0 aliphatic rings. The van der Waals surface area contributed by atoms with Crippen LogP contribution in [0, 0.1) is 0 Å². The van der Waals surface area contributed by atoms with Crippen molar-refractivity contribution in [1.82, 2.24) is 0 Å². The first kappa shape index (κ1) is 41.2. The highest BCUT2D eigenvalue weighted by atomic mass is 31.2. The predicted octanol–water partition coefficient (Wildman–Crippen LogP) is 14.3. The summed E-state index contributed by atoms with van der Waals surface area (Å²) >= 11 is 0. The summed E-state index contributed by atoms with van der Waals surface area (Å²) in [4.78, 5) is 0. The van der Waals surface area contributed by atoms with Crippen molar-refractivity contribution in [3.05, 3.63) is 306 Å². The van der Waals surface area contributed by atoms with Gasteiger partial charge in [-0.3, -0.25) is 0 Å². The maximum absolute atomic E-state index is 16.1. The Kier molecular flexibility index (Phi) is 13.1. The van der Waals surface area contributed by atoms with E-state index >= 15 is 4.57 Å². The molecule has 0 N–H and O–H groups in total. The fourth-order valence-corrected chi connectivity index (χ4v) is 10.4. The molecule has 0 aliphatic heterocycles. The fourth-order valence-electron chi connectivity index (χ4n) is 7.77. The minimum Gasteiger partial charge on any atom is -0.309 e. The van der Waals surface area contributed by atoms with Crippen LogP contribution in [-0.2, 0) is 4.57 Å². The molecule has 0 aromatic heterocycles. The minimum absolute atomic E-state index is 0.761. The largest absolute Gasteiger partial charge is 0.309 e. The molecule has 62 heavy (non-hydrogen) atoms. The first-order valence-corrected chi connectivity index (χ1v) is 22.5. The lowest BCUT2D eigenvalue weighted by Gasteiger charge is -2.21. The van der Waals surface area contributed by atoms with Crippen molar-refractivity contribution in [2.45, 2.75) is 0 Å². The average Bonchev–Trinajstić information content (AvgIpc) is 3.35. The number of rotatable bonds is 14. The molecule has 0 aliphatic carbocycles. The Balaban J connectivity index is 1.22. The third-order valence-corrected chi connectivity index (χ3v) is 14.0. The third kappa shape index (κ3) is 9.41. The molecule has 298 valence electrons. The van der Waals surface area contributed by atoms with Gasteiger partial charge in [-0.2, -0.15) is 0 Å². The van der Waals surface area contributed by atoms with Crippen LogP contribution in [0.15, 0.2) is 261 Å². The number of hydrogen-bond acceptors (Lipinski definition) is 1. The van der Waals surface area contributed by atoms with Crippen molar-refractivity contribution in [2.75, 3.05) is 0 Å². The summed E-state index contributed by atoms with van der Waals surface area (Å²) in [6.07, 6.45) is 12.2. The molecular formula is C60H47OP. The molecule has 0 fully saturated rings. The molecule has 0 bridgehead atoms. The van der Waals surface area contributed by atoms with Gasteiger partial charge in [0.1, 0.15) is 0 Å². The topological polar surface area (TPSA) is 17.1 Å². The normalized spacial score (nSPS) is 11.6. The zero-order valence-electron chi connectivity index (χ0n) is 34.6. The molecule has 0 saturated heterocycles. The second-order valence-electron chi connectivity index (χ2n) is 14.9. The van der Waals surface area contributed by atoms with Gasteiger partial charge < -0.3 is 4.57 Å². The first-order valence-electron chi connectivity index (χ1n) is 20.8.